The van der Waals surface area contributed by atoms with E-state index in [1.54, 1.807) is 0 Å². The van der Waals surface area contributed by atoms with Crippen LogP contribution in [0.3, 0.4) is 0 Å². The van der Waals surface area contributed by atoms with Crippen molar-refractivity contribution < 1.29 is 9.15 Å². The predicted molar refractivity (Wildman–Crippen MR) is 135 cm³/mol. The molecule has 0 amide bonds. The summed E-state index contributed by atoms with van der Waals surface area (Å²) in [5, 5.41) is 7.81. The SMILES string of the molecule is CCC(Oc1ccc([C@@]2(c3ccc(-c4nnc(N)o4)cc3)C[C@@H]3CC[C@H]2C3)cc1)c1ccccn1. The van der Waals surface area contributed by atoms with E-state index in [0.29, 0.717) is 11.8 Å². The second-order valence-electron chi connectivity index (χ2n) is 9.87. The number of hydrogen-bond acceptors (Lipinski definition) is 6. The number of aromatic nitrogens is 3. The van der Waals surface area contributed by atoms with E-state index in [9.17, 15) is 0 Å². The third-order valence-corrected chi connectivity index (χ3v) is 7.97. The first-order valence-corrected chi connectivity index (χ1v) is 12.5. The number of nitrogens with two attached hydrogens (primary N) is 1. The third-order valence-electron chi connectivity index (χ3n) is 7.97. The van der Waals surface area contributed by atoms with Gasteiger partial charge in [0.15, 0.2) is 0 Å². The molecule has 6 rings (SSSR count). The van der Waals surface area contributed by atoms with Gasteiger partial charge in [0.2, 0.25) is 5.89 Å². The lowest BCUT2D eigenvalue weighted by Crippen LogP contribution is -2.34. The fourth-order valence-corrected chi connectivity index (χ4v) is 6.38. The van der Waals surface area contributed by atoms with Crippen LogP contribution < -0.4 is 10.5 Å². The highest BCUT2D eigenvalue weighted by Gasteiger charge is 2.52. The van der Waals surface area contributed by atoms with Crippen molar-refractivity contribution in [3.8, 4) is 17.2 Å². The minimum atomic E-state index is -0.0511. The topological polar surface area (TPSA) is 87.1 Å². The Morgan fingerprint density at radius 1 is 1.00 bits per heavy atom. The average Bonchev–Trinajstić information content (AvgIpc) is 3.65. The van der Waals surface area contributed by atoms with Crippen LogP contribution in [0.1, 0.15) is 62.0 Å². The summed E-state index contributed by atoms with van der Waals surface area (Å²) >= 11 is 0. The van der Waals surface area contributed by atoms with Crippen molar-refractivity contribution in [1.29, 1.82) is 0 Å². The quantitative estimate of drug-likeness (QED) is 0.341. The van der Waals surface area contributed by atoms with Gasteiger partial charge in [-0.25, -0.2) is 0 Å². The van der Waals surface area contributed by atoms with Gasteiger partial charge >= 0.3 is 6.01 Å². The number of benzene rings is 2. The van der Waals surface area contributed by atoms with Crippen LogP contribution in [0.4, 0.5) is 6.01 Å². The maximum atomic E-state index is 6.34. The van der Waals surface area contributed by atoms with Crippen molar-refractivity contribution in [2.75, 3.05) is 5.73 Å². The zero-order valence-corrected chi connectivity index (χ0v) is 19.9. The molecule has 4 aromatic rings. The summed E-state index contributed by atoms with van der Waals surface area (Å²) in [7, 11) is 0. The van der Waals surface area contributed by atoms with Gasteiger partial charge in [-0.2, -0.15) is 0 Å². The molecule has 2 bridgehead atoms. The minimum Gasteiger partial charge on any atom is -0.484 e. The molecule has 0 spiro atoms. The van der Waals surface area contributed by atoms with E-state index in [2.05, 4.69) is 70.6 Å². The second kappa shape index (κ2) is 8.84. The Kier molecular flexibility index (Phi) is 5.51. The average molecular weight is 467 g/mol. The zero-order chi connectivity index (χ0) is 23.8. The number of pyridine rings is 1. The molecule has 35 heavy (non-hydrogen) atoms. The summed E-state index contributed by atoms with van der Waals surface area (Å²) in [6.07, 6.45) is 7.75. The molecule has 2 aromatic heterocycles. The molecule has 0 radical (unpaired) electrons. The molecule has 2 aliphatic carbocycles. The number of fused-ring (bicyclic) bond motifs is 2. The Morgan fingerprint density at radius 3 is 2.34 bits per heavy atom. The van der Waals surface area contributed by atoms with E-state index >= 15 is 0 Å². The van der Waals surface area contributed by atoms with Crippen molar-refractivity contribution in [3.63, 3.8) is 0 Å². The molecule has 6 heteroatoms. The van der Waals surface area contributed by atoms with Crippen LogP contribution in [0.25, 0.3) is 11.5 Å². The summed E-state index contributed by atoms with van der Waals surface area (Å²) in [5.74, 6) is 2.78. The minimum absolute atomic E-state index is 0.0268. The van der Waals surface area contributed by atoms with E-state index < -0.39 is 0 Å². The van der Waals surface area contributed by atoms with Gasteiger partial charge in [0.25, 0.3) is 0 Å². The lowest BCUT2D eigenvalue weighted by atomic mass is 9.64. The molecule has 1 unspecified atom stereocenters. The first-order chi connectivity index (χ1) is 17.2. The fourth-order valence-electron chi connectivity index (χ4n) is 6.38. The van der Waals surface area contributed by atoms with Crippen LogP contribution >= 0.6 is 0 Å². The number of rotatable bonds is 7. The van der Waals surface area contributed by atoms with Crippen molar-refractivity contribution in [2.24, 2.45) is 11.8 Å². The van der Waals surface area contributed by atoms with Crippen LogP contribution in [-0.2, 0) is 5.41 Å². The summed E-state index contributed by atoms with van der Waals surface area (Å²) in [6.45, 7) is 2.13. The Labute approximate surface area is 205 Å². The second-order valence-corrected chi connectivity index (χ2v) is 9.87. The van der Waals surface area contributed by atoms with Crippen molar-refractivity contribution in [1.82, 2.24) is 15.2 Å². The van der Waals surface area contributed by atoms with E-state index in [1.165, 1.54) is 36.8 Å². The number of hydrogen-bond donors (Lipinski definition) is 1. The van der Waals surface area contributed by atoms with Gasteiger partial charge in [-0.3, -0.25) is 4.98 Å². The van der Waals surface area contributed by atoms with Crippen LogP contribution in [0.5, 0.6) is 5.75 Å². The molecule has 6 nitrogen and oxygen atoms in total. The van der Waals surface area contributed by atoms with E-state index in [0.717, 1.165) is 29.3 Å². The maximum Gasteiger partial charge on any atom is 0.313 e. The van der Waals surface area contributed by atoms with Crippen LogP contribution in [0.15, 0.2) is 77.3 Å². The molecule has 0 saturated heterocycles. The summed E-state index contributed by atoms with van der Waals surface area (Å²) in [5.41, 5.74) is 10.2. The number of nitrogen functional groups attached to an aromatic ring is 1. The highest BCUT2D eigenvalue weighted by atomic mass is 16.5. The lowest BCUT2D eigenvalue weighted by molar-refractivity contribution is 0.196. The van der Waals surface area contributed by atoms with Gasteiger partial charge in [-0.1, -0.05) is 48.8 Å². The molecule has 2 aromatic carbocycles. The van der Waals surface area contributed by atoms with E-state index in [-0.39, 0.29) is 17.5 Å². The molecule has 2 N–H and O–H groups in total. The molecule has 2 saturated carbocycles. The van der Waals surface area contributed by atoms with Gasteiger partial charge in [-0.05, 0) is 85.0 Å². The summed E-state index contributed by atoms with van der Waals surface area (Å²) < 4.78 is 11.8. The van der Waals surface area contributed by atoms with Crippen molar-refractivity contribution in [3.05, 3.63) is 89.7 Å². The smallest absolute Gasteiger partial charge is 0.313 e. The Bertz CT molecular complexity index is 1290. The number of anilines is 1. The third kappa shape index (κ3) is 3.87. The molecule has 2 heterocycles. The van der Waals surface area contributed by atoms with Crippen LogP contribution in [0.2, 0.25) is 0 Å². The molecule has 178 valence electrons. The van der Waals surface area contributed by atoms with Crippen molar-refractivity contribution in [2.45, 2.75) is 50.5 Å². The van der Waals surface area contributed by atoms with Gasteiger partial charge in [-0.15, -0.1) is 5.10 Å². The molecule has 2 fully saturated rings. The van der Waals surface area contributed by atoms with Gasteiger partial charge in [0.05, 0.1) is 5.69 Å². The van der Waals surface area contributed by atoms with Crippen molar-refractivity contribution >= 4 is 6.01 Å². The fraction of sp³-hybridized carbons (Fsp3) is 0.345. The normalized spacial score (nSPS) is 23.9. The summed E-state index contributed by atoms with van der Waals surface area (Å²) in [4.78, 5) is 4.49. The first-order valence-electron chi connectivity index (χ1n) is 12.5. The highest BCUT2D eigenvalue weighted by Crippen LogP contribution is 2.60. The Balaban J connectivity index is 1.30. The zero-order valence-electron chi connectivity index (χ0n) is 19.9. The largest absolute Gasteiger partial charge is 0.484 e. The summed E-state index contributed by atoms with van der Waals surface area (Å²) in [6, 6.07) is 23.5. The monoisotopic (exact) mass is 466 g/mol. The van der Waals surface area contributed by atoms with Gasteiger partial charge in [0, 0.05) is 17.2 Å². The maximum absolute atomic E-state index is 6.34. The van der Waals surface area contributed by atoms with E-state index in [4.69, 9.17) is 14.9 Å². The molecular formula is C29H30N4O2. The van der Waals surface area contributed by atoms with Crippen LogP contribution in [0, 0.1) is 11.8 Å². The number of ether oxygens (including phenoxy) is 1. The first kappa shape index (κ1) is 21.8. The van der Waals surface area contributed by atoms with Gasteiger partial charge < -0.3 is 14.9 Å². The van der Waals surface area contributed by atoms with Crippen LogP contribution in [-0.4, -0.2) is 15.2 Å². The van der Waals surface area contributed by atoms with Gasteiger partial charge in [0.1, 0.15) is 11.9 Å². The molecule has 0 aliphatic heterocycles. The van der Waals surface area contributed by atoms with E-state index in [1.807, 2.05) is 24.4 Å². The predicted octanol–water partition coefficient (Wildman–Crippen LogP) is 6.35. The highest BCUT2D eigenvalue weighted by molar-refractivity contribution is 5.56. The lowest BCUT2D eigenvalue weighted by Gasteiger charge is -2.39. The molecule has 4 atom stereocenters. The standard InChI is InChI=1S/C29H30N4O2/c1-2-26(25-5-3-4-16-31-25)34-24-14-12-22(13-15-24)29(18-19-6-9-23(29)17-19)21-10-7-20(8-11-21)27-32-33-28(30)35-27/h3-5,7-8,10-16,19,23,26H,2,6,9,17-18H2,1H3,(H2,30,33)/t19-,23+,26?,29+/m1/s1. The Hall–Kier alpha value is -3.67. The Morgan fingerprint density at radius 2 is 1.77 bits per heavy atom. The molecular weight excluding hydrogens is 436 g/mol. The number of nitrogens with zero attached hydrogens (tertiary/aromatic N) is 3. The molecule has 2 aliphatic rings.